The minimum Gasteiger partial charge on any atom is -0.396 e. The molecule has 1 atom stereocenters. The number of anilines is 2. The maximum atomic E-state index is 5.79. The van der Waals surface area contributed by atoms with Gasteiger partial charge in [-0.25, -0.2) is 0 Å². The van der Waals surface area contributed by atoms with Crippen molar-refractivity contribution in [3.05, 3.63) is 12.3 Å². The Bertz CT molecular complexity index is 327. The first-order chi connectivity index (χ1) is 7.25. The van der Waals surface area contributed by atoms with Gasteiger partial charge in [0.2, 0.25) is 0 Å². The van der Waals surface area contributed by atoms with Gasteiger partial charge in [0.1, 0.15) is 0 Å². The van der Waals surface area contributed by atoms with Gasteiger partial charge in [-0.1, -0.05) is 0 Å². The quantitative estimate of drug-likeness (QED) is 0.742. The van der Waals surface area contributed by atoms with Crippen molar-refractivity contribution in [2.24, 2.45) is 0 Å². The third-order valence-electron chi connectivity index (χ3n) is 2.72. The maximum absolute atomic E-state index is 5.79. The lowest BCUT2D eigenvalue weighted by Gasteiger charge is -2.30. The van der Waals surface area contributed by atoms with Crippen molar-refractivity contribution in [3.8, 4) is 0 Å². The SMILES string of the molecule is CN1CCCC(Nc2nnccc2N)C1. The highest BCUT2D eigenvalue weighted by atomic mass is 15.2. The highest BCUT2D eigenvalue weighted by molar-refractivity contribution is 5.59. The van der Waals surface area contributed by atoms with Crippen LogP contribution in [0.1, 0.15) is 12.8 Å². The molecule has 1 saturated heterocycles. The van der Waals surface area contributed by atoms with E-state index < -0.39 is 0 Å². The molecule has 0 saturated carbocycles. The van der Waals surface area contributed by atoms with Crippen molar-refractivity contribution < 1.29 is 0 Å². The van der Waals surface area contributed by atoms with Gasteiger partial charge >= 0.3 is 0 Å². The van der Waals surface area contributed by atoms with Gasteiger partial charge < -0.3 is 16.0 Å². The second kappa shape index (κ2) is 4.44. The summed E-state index contributed by atoms with van der Waals surface area (Å²) in [7, 11) is 2.13. The van der Waals surface area contributed by atoms with Gasteiger partial charge in [-0.2, -0.15) is 5.10 Å². The molecule has 0 aromatic carbocycles. The molecular weight excluding hydrogens is 190 g/mol. The molecule has 3 N–H and O–H groups in total. The van der Waals surface area contributed by atoms with Gasteiger partial charge in [0.25, 0.3) is 0 Å². The van der Waals surface area contributed by atoms with E-state index in [9.17, 15) is 0 Å². The van der Waals surface area contributed by atoms with E-state index in [1.165, 1.54) is 19.4 Å². The number of piperidine rings is 1. The largest absolute Gasteiger partial charge is 0.396 e. The van der Waals surface area contributed by atoms with Gasteiger partial charge in [-0.3, -0.25) is 0 Å². The van der Waals surface area contributed by atoms with E-state index in [1.54, 1.807) is 12.3 Å². The van der Waals surface area contributed by atoms with Crippen molar-refractivity contribution >= 4 is 11.5 Å². The summed E-state index contributed by atoms with van der Waals surface area (Å²) in [4.78, 5) is 2.31. The lowest BCUT2D eigenvalue weighted by Crippen LogP contribution is -2.40. The van der Waals surface area contributed by atoms with Crippen LogP contribution in [-0.2, 0) is 0 Å². The van der Waals surface area contributed by atoms with Crippen LogP contribution in [0.5, 0.6) is 0 Å². The van der Waals surface area contributed by atoms with Crippen LogP contribution in [0.4, 0.5) is 11.5 Å². The Morgan fingerprint density at radius 1 is 1.60 bits per heavy atom. The van der Waals surface area contributed by atoms with Crippen molar-refractivity contribution in [2.45, 2.75) is 18.9 Å². The number of nitrogens with one attached hydrogen (secondary N) is 1. The van der Waals surface area contributed by atoms with Crippen molar-refractivity contribution in [3.63, 3.8) is 0 Å². The van der Waals surface area contributed by atoms with Gasteiger partial charge in [0.05, 0.1) is 11.9 Å². The summed E-state index contributed by atoms with van der Waals surface area (Å²) in [5.41, 5.74) is 6.46. The van der Waals surface area contributed by atoms with E-state index in [0.717, 1.165) is 6.54 Å². The van der Waals surface area contributed by atoms with Gasteiger partial charge in [-0.05, 0) is 32.5 Å². The van der Waals surface area contributed by atoms with Gasteiger partial charge in [0, 0.05) is 12.6 Å². The molecule has 0 aliphatic carbocycles. The van der Waals surface area contributed by atoms with E-state index >= 15 is 0 Å². The Balaban J connectivity index is 1.99. The molecule has 0 bridgehead atoms. The number of nitrogens with zero attached hydrogens (tertiary/aromatic N) is 3. The first kappa shape index (κ1) is 10.2. The van der Waals surface area contributed by atoms with Crippen LogP contribution in [0, 0.1) is 0 Å². The van der Waals surface area contributed by atoms with Crippen LogP contribution in [0.15, 0.2) is 12.3 Å². The molecule has 1 aliphatic heterocycles. The zero-order chi connectivity index (χ0) is 10.7. The van der Waals surface area contributed by atoms with Crippen LogP contribution in [0.3, 0.4) is 0 Å². The number of aromatic nitrogens is 2. The molecule has 1 aromatic rings. The number of likely N-dealkylation sites (N-methyl/N-ethyl adjacent to an activating group) is 1. The predicted octanol–water partition coefficient (Wildman–Crippen LogP) is 0.565. The van der Waals surface area contributed by atoms with E-state index in [-0.39, 0.29) is 0 Å². The Hall–Kier alpha value is -1.36. The van der Waals surface area contributed by atoms with E-state index in [0.29, 0.717) is 17.5 Å². The summed E-state index contributed by atoms with van der Waals surface area (Å²) in [6, 6.07) is 2.20. The molecular formula is C10H17N5. The minimum absolute atomic E-state index is 0.433. The smallest absolute Gasteiger partial charge is 0.172 e. The highest BCUT2D eigenvalue weighted by Gasteiger charge is 2.17. The molecule has 1 unspecified atom stereocenters. The molecule has 0 spiro atoms. The van der Waals surface area contributed by atoms with Crippen LogP contribution < -0.4 is 11.1 Å². The fraction of sp³-hybridized carbons (Fsp3) is 0.600. The highest BCUT2D eigenvalue weighted by Crippen LogP contribution is 2.17. The lowest BCUT2D eigenvalue weighted by atomic mass is 10.1. The monoisotopic (exact) mass is 207 g/mol. The van der Waals surface area contributed by atoms with Crippen molar-refractivity contribution in [2.75, 3.05) is 31.2 Å². The summed E-state index contributed by atoms with van der Waals surface area (Å²) in [5.74, 6) is 0.706. The molecule has 5 nitrogen and oxygen atoms in total. The molecule has 1 aromatic heterocycles. The molecule has 0 amide bonds. The fourth-order valence-electron chi connectivity index (χ4n) is 1.93. The molecule has 82 valence electrons. The normalized spacial score (nSPS) is 22.6. The number of hydrogen-bond donors (Lipinski definition) is 2. The predicted molar refractivity (Wildman–Crippen MR) is 60.6 cm³/mol. The van der Waals surface area contributed by atoms with Crippen LogP contribution in [0.2, 0.25) is 0 Å². The summed E-state index contributed by atoms with van der Waals surface area (Å²) < 4.78 is 0. The molecule has 5 heteroatoms. The van der Waals surface area contributed by atoms with Crippen molar-refractivity contribution in [1.29, 1.82) is 0 Å². The number of hydrogen-bond acceptors (Lipinski definition) is 5. The molecule has 2 rings (SSSR count). The lowest BCUT2D eigenvalue weighted by molar-refractivity contribution is 0.260. The zero-order valence-corrected chi connectivity index (χ0v) is 8.98. The Kier molecular flexibility index (Phi) is 3.01. The summed E-state index contributed by atoms with van der Waals surface area (Å²) >= 11 is 0. The van der Waals surface area contributed by atoms with Gasteiger partial charge in [-0.15, -0.1) is 5.10 Å². The standard InChI is InChI=1S/C10H17N5/c1-15-6-2-3-8(7-15)13-10-9(11)4-5-12-14-10/h4-5,8H,2-3,6-7H2,1H3,(H2,11,12)(H,13,14). The number of nitrogens with two attached hydrogens (primary N) is 1. The topological polar surface area (TPSA) is 67.1 Å². The second-order valence-corrected chi connectivity index (χ2v) is 4.08. The molecule has 0 radical (unpaired) electrons. The van der Waals surface area contributed by atoms with E-state index in [1.807, 2.05) is 0 Å². The van der Waals surface area contributed by atoms with Crippen LogP contribution in [0.25, 0.3) is 0 Å². The average Bonchev–Trinajstić information content (AvgIpc) is 2.22. The molecule has 15 heavy (non-hydrogen) atoms. The van der Waals surface area contributed by atoms with Crippen LogP contribution >= 0.6 is 0 Å². The summed E-state index contributed by atoms with van der Waals surface area (Å²) in [5, 5.41) is 11.2. The number of nitrogen functional groups attached to an aromatic ring is 1. The first-order valence-corrected chi connectivity index (χ1v) is 5.28. The zero-order valence-electron chi connectivity index (χ0n) is 8.98. The number of likely N-dealkylation sites (tertiary alicyclic amines) is 1. The number of rotatable bonds is 2. The summed E-state index contributed by atoms with van der Waals surface area (Å²) in [6.45, 7) is 2.21. The maximum Gasteiger partial charge on any atom is 0.172 e. The Labute approximate surface area is 89.7 Å². The van der Waals surface area contributed by atoms with Gasteiger partial charge in [0.15, 0.2) is 5.82 Å². The molecule has 1 fully saturated rings. The Morgan fingerprint density at radius 2 is 2.47 bits per heavy atom. The van der Waals surface area contributed by atoms with E-state index in [4.69, 9.17) is 5.73 Å². The van der Waals surface area contributed by atoms with Crippen LogP contribution in [-0.4, -0.2) is 41.3 Å². The first-order valence-electron chi connectivity index (χ1n) is 5.28. The van der Waals surface area contributed by atoms with Crippen molar-refractivity contribution in [1.82, 2.24) is 15.1 Å². The minimum atomic E-state index is 0.433. The average molecular weight is 207 g/mol. The third kappa shape index (κ3) is 2.56. The molecule has 1 aliphatic rings. The molecule has 2 heterocycles. The summed E-state index contributed by atoms with van der Waals surface area (Å²) in [6.07, 6.45) is 3.99. The second-order valence-electron chi connectivity index (χ2n) is 4.08. The third-order valence-corrected chi connectivity index (χ3v) is 2.72. The fourth-order valence-corrected chi connectivity index (χ4v) is 1.93. The van der Waals surface area contributed by atoms with E-state index in [2.05, 4.69) is 27.5 Å². The Morgan fingerprint density at radius 3 is 3.20 bits per heavy atom.